The molecule has 0 fully saturated rings. The standard InChI is InChI=1S/C17H18N2O2/c1-2-12-4-3-5-14(8-12)20-11-17-19-15-9-13(10-18)6-7-16(15)21-17/h3-9H,2,10-11,18H2,1H3. The number of hydrogen-bond acceptors (Lipinski definition) is 4. The van der Waals surface area contributed by atoms with Crippen molar-refractivity contribution in [2.24, 2.45) is 5.73 Å². The predicted octanol–water partition coefficient (Wildman–Crippen LogP) is 3.43. The fourth-order valence-electron chi connectivity index (χ4n) is 2.21. The molecule has 2 aromatic carbocycles. The molecular weight excluding hydrogens is 264 g/mol. The molecule has 2 N–H and O–H groups in total. The molecule has 0 radical (unpaired) electrons. The van der Waals surface area contributed by atoms with Crippen molar-refractivity contribution in [2.45, 2.75) is 26.5 Å². The maximum Gasteiger partial charge on any atom is 0.233 e. The van der Waals surface area contributed by atoms with Gasteiger partial charge in [-0.2, -0.15) is 0 Å². The van der Waals surface area contributed by atoms with Gasteiger partial charge >= 0.3 is 0 Å². The van der Waals surface area contributed by atoms with E-state index < -0.39 is 0 Å². The van der Waals surface area contributed by atoms with E-state index >= 15 is 0 Å². The van der Waals surface area contributed by atoms with Crippen molar-refractivity contribution in [3.8, 4) is 5.75 Å². The van der Waals surface area contributed by atoms with Crippen LogP contribution in [0.25, 0.3) is 11.1 Å². The second kappa shape index (κ2) is 5.97. The molecule has 108 valence electrons. The van der Waals surface area contributed by atoms with Crippen LogP contribution < -0.4 is 10.5 Å². The van der Waals surface area contributed by atoms with E-state index in [0.29, 0.717) is 19.0 Å². The molecule has 21 heavy (non-hydrogen) atoms. The van der Waals surface area contributed by atoms with Crippen LogP contribution in [0.3, 0.4) is 0 Å². The van der Waals surface area contributed by atoms with Gasteiger partial charge in [0, 0.05) is 6.54 Å². The minimum atomic E-state index is 0.319. The Morgan fingerprint density at radius 2 is 2.05 bits per heavy atom. The lowest BCUT2D eigenvalue weighted by atomic mass is 10.2. The van der Waals surface area contributed by atoms with Gasteiger partial charge in [-0.1, -0.05) is 25.1 Å². The second-order valence-electron chi connectivity index (χ2n) is 4.90. The van der Waals surface area contributed by atoms with Crippen LogP contribution in [0.4, 0.5) is 0 Å². The summed E-state index contributed by atoms with van der Waals surface area (Å²) in [5.74, 6) is 1.40. The molecule has 4 heteroatoms. The quantitative estimate of drug-likeness (QED) is 0.778. The number of oxazole rings is 1. The van der Waals surface area contributed by atoms with E-state index in [9.17, 15) is 0 Å². The lowest BCUT2D eigenvalue weighted by Crippen LogP contribution is -1.96. The van der Waals surface area contributed by atoms with Crippen LogP contribution in [0.2, 0.25) is 0 Å². The van der Waals surface area contributed by atoms with Crippen molar-refractivity contribution in [3.63, 3.8) is 0 Å². The molecule has 0 unspecified atom stereocenters. The Balaban J connectivity index is 1.75. The smallest absolute Gasteiger partial charge is 0.233 e. The van der Waals surface area contributed by atoms with Crippen LogP contribution in [0.15, 0.2) is 46.9 Å². The lowest BCUT2D eigenvalue weighted by molar-refractivity contribution is 0.267. The highest BCUT2D eigenvalue weighted by Gasteiger charge is 2.07. The third-order valence-electron chi connectivity index (χ3n) is 3.40. The average molecular weight is 282 g/mol. The number of rotatable bonds is 5. The van der Waals surface area contributed by atoms with Crippen molar-refractivity contribution >= 4 is 11.1 Å². The minimum Gasteiger partial charge on any atom is -0.484 e. The van der Waals surface area contributed by atoms with E-state index in [0.717, 1.165) is 28.8 Å². The third-order valence-corrected chi connectivity index (χ3v) is 3.40. The number of benzene rings is 2. The molecule has 0 saturated carbocycles. The fraction of sp³-hybridized carbons (Fsp3) is 0.235. The first kappa shape index (κ1) is 13.6. The van der Waals surface area contributed by atoms with Gasteiger partial charge in [0.15, 0.2) is 12.2 Å². The van der Waals surface area contributed by atoms with E-state index in [-0.39, 0.29) is 0 Å². The minimum absolute atomic E-state index is 0.319. The van der Waals surface area contributed by atoms with Gasteiger partial charge in [-0.15, -0.1) is 0 Å². The molecule has 3 rings (SSSR count). The molecule has 0 atom stereocenters. The highest BCUT2D eigenvalue weighted by molar-refractivity contribution is 5.73. The number of fused-ring (bicyclic) bond motifs is 1. The molecule has 3 aromatic rings. The van der Waals surface area contributed by atoms with Crippen LogP contribution in [0.1, 0.15) is 23.9 Å². The Bertz CT molecular complexity index is 749. The molecular formula is C17H18N2O2. The van der Waals surface area contributed by atoms with Crippen molar-refractivity contribution < 1.29 is 9.15 Å². The molecule has 0 bridgehead atoms. The van der Waals surface area contributed by atoms with Gasteiger partial charge in [-0.25, -0.2) is 4.98 Å². The summed E-state index contributed by atoms with van der Waals surface area (Å²) in [6.07, 6.45) is 0.988. The van der Waals surface area contributed by atoms with Crippen molar-refractivity contribution in [1.82, 2.24) is 4.98 Å². The van der Waals surface area contributed by atoms with Gasteiger partial charge < -0.3 is 14.9 Å². The van der Waals surface area contributed by atoms with E-state index in [2.05, 4.69) is 18.0 Å². The molecule has 0 aliphatic rings. The third kappa shape index (κ3) is 3.06. The highest BCUT2D eigenvalue weighted by atomic mass is 16.5. The topological polar surface area (TPSA) is 61.3 Å². The number of hydrogen-bond donors (Lipinski definition) is 1. The van der Waals surface area contributed by atoms with Crippen LogP contribution >= 0.6 is 0 Å². The maximum absolute atomic E-state index is 5.74. The zero-order chi connectivity index (χ0) is 14.7. The van der Waals surface area contributed by atoms with Crippen LogP contribution in [0, 0.1) is 0 Å². The summed E-state index contributed by atoms with van der Waals surface area (Å²) in [6, 6.07) is 13.8. The normalized spacial score (nSPS) is 11.0. The zero-order valence-electron chi connectivity index (χ0n) is 12.0. The van der Waals surface area contributed by atoms with E-state index in [1.165, 1.54) is 5.56 Å². The molecule has 0 amide bonds. The molecule has 4 nitrogen and oxygen atoms in total. The van der Waals surface area contributed by atoms with E-state index in [4.69, 9.17) is 14.9 Å². The van der Waals surface area contributed by atoms with Gasteiger partial charge in [0.1, 0.15) is 11.3 Å². The zero-order valence-corrected chi connectivity index (χ0v) is 12.0. The Labute approximate surface area is 123 Å². The Hall–Kier alpha value is -2.33. The van der Waals surface area contributed by atoms with Gasteiger partial charge in [-0.05, 0) is 41.8 Å². The largest absolute Gasteiger partial charge is 0.484 e. The number of ether oxygens (including phenoxy) is 1. The molecule has 0 aliphatic heterocycles. The fourth-order valence-corrected chi connectivity index (χ4v) is 2.21. The summed E-state index contributed by atoms with van der Waals surface area (Å²) in [5, 5.41) is 0. The number of nitrogens with two attached hydrogens (primary N) is 1. The van der Waals surface area contributed by atoms with Gasteiger partial charge in [0.05, 0.1) is 0 Å². The summed E-state index contributed by atoms with van der Waals surface area (Å²) < 4.78 is 11.4. The van der Waals surface area contributed by atoms with Crippen LogP contribution in [-0.2, 0) is 19.6 Å². The summed E-state index contributed by atoms with van der Waals surface area (Å²) in [4.78, 5) is 4.43. The van der Waals surface area contributed by atoms with Crippen molar-refractivity contribution in [3.05, 3.63) is 59.5 Å². The van der Waals surface area contributed by atoms with Gasteiger partial charge in [-0.3, -0.25) is 0 Å². The summed E-state index contributed by atoms with van der Waals surface area (Å²) in [7, 11) is 0. The SMILES string of the molecule is CCc1cccc(OCc2nc3cc(CN)ccc3o2)c1. The molecule has 1 heterocycles. The molecule has 0 spiro atoms. The number of aryl methyl sites for hydroxylation is 1. The lowest BCUT2D eigenvalue weighted by Gasteiger charge is -2.04. The Kier molecular flexibility index (Phi) is 3.88. The molecule has 0 aliphatic carbocycles. The van der Waals surface area contributed by atoms with Crippen molar-refractivity contribution in [2.75, 3.05) is 0 Å². The van der Waals surface area contributed by atoms with Crippen LogP contribution in [0.5, 0.6) is 5.75 Å². The van der Waals surface area contributed by atoms with E-state index in [1.807, 2.05) is 36.4 Å². The van der Waals surface area contributed by atoms with Crippen LogP contribution in [-0.4, -0.2) is 4.98 Å². The first-order chi connectivity index (χ1) is 10.3. The van der Waals surface area contributed by atoms with Gasteiger partial charge in [0.2, 0.25) is 5.89 Å². The Morgan fingerprint density at radius 1 is 1.14 bits per heavy atom. The Morgan fingerprint density at radius 3 is 2.86 bits per heavy atom. The maximum atomic E-state index is 5.74. The van der Waals surface area contributed by atoms with E-state index in [1.54, 1.807) is 0 Å². The first-order valence-corrected chi connectivity index (χ1v) is 7.08. The predicted molar refractivity (Wildman–Crippen MR) is 82.1 cm³/mol. The molecule has 1 aromatic heterocycles. The summed E-state index contributed by atoms with van der Waals surface area (Å²) >= 11 is 0. The molecule has 0 saturated heterocycles. The first-order valence-electron chi connectivity index (χ1n) is 7.08. The highest BCUT2D eigenvalue weighted by Crippen LogP contribution is 2.19. The average Bonchev–Trinajstić information content (AvgIpc) is 2.95. The summed E-state index contributed by atoms with van der Waals surface area (Å²) in [6.45, 7) is 2.94. The number of nitrogens with zero attached hydrogens (tertiary/aromatic N) is 1. The monoisotopic (exact) mass is 282 g/mol. The van der Waals surface area contributed by atoms with Crippen molar-refractivity contribution in [1.29, 1.82) is 0 Å². The number of aromatic nitrogens is 1. The second-order valence-corrected chi connectivity index (χ2v) is 4.90. The van der Waals surface area contributed by atoms with Gasteiger partial charge in [0.25, 0.3) is 0 Å². The summed E-state index contributed by atoms with van der Waals surface area (Å²) in [5.41, 5.74) is 9.49.